The number of carbonyl (C=O) groups excluding carboxylic acids is 1. The highest BCUT2D eigenvalue weighted by Crippen LogP contribution is 2.09. The number of rotatable bonds is 2. The number of nitrogens with zero attached hydrogens (tertiary/aromatic N) is 3. The lowest BCUT2D eigenvalue weighted by molar-refractivity contribution is -0.111. The predicted molar refractivity (Wildman–Crippen MR) is 44.3 cm³/mol. The molecule has 62 valence electrons. The molecule has 0 bridgehead atoms. The van der Waals surface area contributed by atoms with Gasteiger partial charge in [0.05, 0.1) is 5.57 Å². The average molecular weight is 184 g/mol. The highest BCUT2D eigenvalue weighted by Gasteiger charge is 2.08. The van der Waals surface area contributed by atoms with Crippen LogP contribution >= 0.6 is 11.6 Å². The number of halogens is 1. The Morgan fingerprint density at radius 2 is 2.08 bits per heavy atom. The lowest BCUT2D eigenvalue weighted by Crippen LogP contribution is -2.00. The van der Waals surface area contributed by atoms with Crippen molar-refractivity contribution in [3.05, 3.63) is 24.0 Å². The highest BCUT2D eigenvalue weighted by atomic mass is 35.5. The second kappa shape index (κ2) is 3.92. The molecule has 1 aromatic rings. The molecule has 0 saturated carbocycles. The minimum Gasteiger partial charge on any atom is -0.294 e. The Hall–Kier alpha value is -1.29. The summed E-state index contributed by atoms with van der Waals surface area (Å²) < 4.78 is 0. The quantitative estimate of drug-likeness (QED) is 0.643. The molecule has 4 nitrogen and oxygen atoms in total. The van der Waals surface area contributed by atoms with Gasteiger partial charge in [0.1, 0.15) is 12.7 Å². The first-order valence-electron chi connectivity index (χ1n) is 3.19. The molecule has 0 unspecified atom stereocenters. The van der Waals surface area contributed by atoms with Crippen molar-refractivity contribution in [1.29, 1.82) is 0 Å². The van der Waals surface area contributed by atoms with Crippen LogP contribution < -0.4 is 0 Å². The van der Waals surface area contributed by atoms with E-state index >= 15 is 0 Å². The Balaban J connectivity index is 3.05. The first-order valence-corrected chi connectivity index (χ1v) is 3.63. The van der Waals surface area contributed by atoms with Crippen LogP contribution in [-0.4, -0.2) is 20.7 Å². The molecule has 1 aromatic heterocycles. The standard InChI is InChI=1S/C7H6ClN3O/c1-5(12)6(2-8)7-10-3-9-4-11-7/h2-4H,1H3. The Kier molecular flexibility index (Phi) is 2.88. The van der Waals surface area contributed by atoms with Gasteiger partial charge in [-0.1, -0.05) is 11.6 Å². The molecule has 5 heteroatoms. The largest absolute Gasteiger partial charge is 0.294 e. The van der Waals surface area contributed by atoms with Crippen molar-refractivity contribution in [2.45, 2.75) is 6.92 Å². The molecule has 1 heterocycles. The lowest BCUT2D eigenvalue weighted by Gasteiger charge is -1.97. The van der Waals surface area contributed by atoms with E-state index in [9.17, 15) is 4.79 Å². The van der Waals surface area contributed by atoms with Crippen LogP contribution in [-0.2, 0) is 4.79 Å². The number of aromatic nitrogens is 3. The van der Waals surface area contributed by atoms with Crippen LogP contribution in [0.5, 0.6) is 0 Å². The molecule has 0 N–H and O–H groups in total. The maximum absolute atomic E-state index is 10.9. The Labute approximate surface area is 74.3 Å². The van der Waals surface area contributed by atoms with Crippen LogP contribution in [0.4, 0.5) is 0 Å². The van der Waals surface area contributed by atoms with Gasteiger partial charge in [-0.15, -0.1) is 0 Å². The maximum Gasteiger partial charge on any atom is 0.167 e. The van der Waals surface area contributed by atoms with E-state index in [-0.39, 0.29) is 5.78 Å². The molecule has 0 aliphatic carbocycles. The molecular weight excluding hydrogens is 178 g/mol. The van der Waals surface area contributed by atoms with Gasteiger partial charge < -0.3 is 0 Å². The summed E-state index contributed by atoms with van der Waals surface area (Å²) in [5, 5.41) is 0. The fourth-order valence-corrected chi connectivity index (χ4v) is 0.913. The van der Waals surface area contributed by atoms with Crippen molar-refractivity contribution in [3.63, 3.8) is 0 Å². The minimum atomic E-state index is -0.170. The van der Waals surface area contributed by atoms with E-state index in [1.54, 1.807) is 0 Å². The minimum absolute atomic E-state index is 0.170. The van der Waals surface area contributed by atoms with Crippen molar-refractivity contribution < 1.29 is 4.79 Å². The fourth-order valence-electron chi connectivity index (χ4n) is 0.661. The van der Waals surface area contributed by atoms with Gasteiger partial charge in [-0.25, -0.2) is 15.0 Å². The monoisotopic (exact) mass is 183 g/mol. The van der Waals surface area contributed by atoms with Crippen molar-refractivity contribution in [3.8, 4) is 0 Å². The van der Waals surface area contributed by atoms with E-state index in [0.717, 1.165) is 5.54 Å². The summed E-state index contributed by atoms with van der Waals surface area (Å²) in [5.74, 6) is 0.128. The second-order valence-corrected chi connectivity index (χ2v) is 2.26. The molecule has 0 aliphatic rings. The van der Waals surface area contributed by atoms with Gasteiger partial charge in [-0.2, -0.15) is 0 Å². The van der Waals surface area contributed by atoms with Crippen molar-refractivity contribution in [2.24, 2.45) is 0 Å². The smallest absolute Gasteiger partial charge is 0.167 e. The summed E-state index contributed by atoms with van der Waals surface area (Å²) in [6.07, 6.45) is 2.62. The normalized spacial score (nSPS) is 11.3. The van der Waals surface area contributed by atoms with E-state index in [1.165, 1.54) is 19.6 Å². The van der Waals surface area contributed by atoms with Crippen LogP contribution in [0.1, 0.15) is 12.7 Å². The Bertz CT molecular complexity index is 310. The summed E-state index contributed by atoms with van der Waals surface area (Å²) in [6, 6.07) is 0. The zero-order chi connectivity index (χ0) is 8.97. The molecule has 1 rings (SSSR count). The van der Waals surface area contributed by atoms with Gasteiger partial charge in [0, 0.05) is 5.54 Å². The topological polar surface area (TPSA) is 55.7 Å². The van der Waals surface area contributed by atoms with Crippen molar-refractivity contribution in [2.75, 3.05) is 0 Å². The van der Waals surface area contributed by atoms with Gasteiger partial charge >= 0.3 is 0 Å². The van der Waals surface area contributed by atoms with Crippen molar-refractivity contribution in [1.82, 2.24) is 15.0 Å². The number of allylic oxidation sites excluding steroid dienone is 1. The highest BCUT2D eigenvalue weighted by molar-refractivity contribution is 6.35. The number of ketones is 1. The van der Waals surface area contributed by atoms with Gasteiger partial charge in [0.15, 0.2) is 11.6 Å². The fraction of sp³-hybridized carbons (Fsp3) is 0.143. The number of hydrogen-bond donors (Lipinski definition) is 0. The third kappa shape index (κ3) is 1.85. The molecule has 0 amide bonds. The van der Waals surface area contributed by atoms with Crippen LogP contribution in [0.2, 0.25) is 0 Å². The number of hydrogen-bond acceptors (Lipinski definition) is 4. The molecule has 0 radical (unpaired) electrons. The summed E-state index contributed by atoms with van der Waals surface area (Å²) >= 11 is 5.41. The van der Waals surface area contributed by atoms with Crippen molar-refractivity contribution >= 4 is 23.0 Å². The van der Waals surface area contributed by atoms with E-state index in [0.29, 0.717) is 11.4 Å². The molecule has 12 heavy (non-hydrogen) atoms. The Morgan fingerprint density at radius 1 is 1.50 bits per heavy atom. The molecule has 0 atom stereocenters. The number of carbonyl (C=O) groups is 1. The zero-order valence-corrected chi connectivity index (χ0v) is 7.12. The van der Waals surface area contributed by atoms with Crippen LogP contribution in [0.15, 0.2) is 18.2 Å². The second-order valence-electron chi connectivity index (χ2n) is 2.04. The van der Waals surface area contributed by atoms with E-state index in [2.05, 4.69) is 15.0 Å². The molecule has 0 fully saturated rings. The van der Waals surface area contributed by atoms with Gasteiger partial charge in [-0.05, 0) is 6.92 Å². The third-order valence-electron chi connectivity index (χ3n) is 1.22. The third-order valence-corrected chi connectivity index (χ3v) is 1.44. The summed E-state index contributed by atoms with van der Waals surface area (Å²) in [6.45, 7) is 1.40. The zero-order valence-electron chi connectivity index (χ0n) is 6.36. The van der Waals surface area contributed by atoms with Gasteiger partial charge in [-0.3, -0.25) is 4.79 Å². The molecule has 0 spiro atoms. The van der Waals surface area contributed by atoms with Gasteiger partial charge in [0.25, 0.3) is 0 Å². The van der Waals surface area contributed by atoms with Crippen LogP contribution in [0, 0.1) is 0 Å². The van der Waals surface area contributed by atoms with Crippen LogP contribution in [0.25, 0.3) is 5.57 Å². The molecule has 0 saturated heterocycles. The predicted octanol–water partition coefficient (Wildman–Crippen LogP) is 1.04. The molecule has 0 aliphatic heterocycles. The molecular formula is C7H6ClN3O. The maximum atomic E-state index is 10.9. The summed E-state index contributed by atoms with van der Waals surface area (Å²) in [5.41, 5.74) is 1.46. The molecule has 0 aromatic carbocycles. The van der Waals surface area contributed by atoms with E-state index in [4.69, 9.17) is 11.6 Å². The SMILES string of the molecule is CC(=O)C(=CCl)c1ncncn1. The van der Waals surface area contributed by atoms with E-state index in [1.807, 2.05) is 0 Å². The average Bonchev–Trinajstić information content (AvgIpc) is 2.07. The first-order chi connectivity index (χ1) is 5.75. The number of Topliss-reactive ketones (excluding diaryl/α,β-unsaturated/α-hetero) is 1. The first kappa shape index (κ1) is 8.80. The summed E-state index contributed by atoms with van der Waals surface area (Å²) in [7, 11) is 0. The lowest BCUT2D eigenvalue weighted by atomic mass is 10.2. The van der Waals surface area contributed by atoms with E-state index < -0.39 is 0 Å². The Morgan fingerprint density at radius 3 is 2.50 bits per heavy atom. The summed E-state index contributed by atoms with van der Waals surface area (Å²) in [4.78, 5) is 22.1. The van der Waals surface area contributed by atoms with Gasteiger partial charge in [0.2, 0.25) is 0 Å². The van der Waals surface area contributed by atoms with Crippen LogP contribution in [0.3, 0.4) is 0 Å².